The zero-order chi connectivity index (χ0) is 15.2. The summed E-state index contributed by atoms with van der Waals surface area (Å²) in [5, 5.41) is 12.7. The zero-order valence-electron chi connectivity index (χ0n) is 13.2. The second-order valence-corrected chi connectivity index (χ2v) is 5.76. The standard InChI is InChI=1S/C15H26N4O2/c1-4-5-16-13-8-15(18-14(17-13)10-21-3)19(2)9-11-6-12(20)7-11/h8,11-12,20H,4-7,9-10H2,1-3H3,(H,16,17,18). The van der Waals surface area contributed by atoms with E-state index in [1.165, 1.54) is 0 Å². The third-order valence-electron chi connectivity index (χ3n) is 3.72. The van der Waals surface area contributed by atoms with E-state index in [1.54, 1.807) is 7.11 Å². The Balaban J connectivity index is 2.06. The molecule has 1 heterocycles. The average Bonchev–Trinajstić information content (AvgIpc) is 2.43. The Labute approximate surface area is 126 Å². The predicted octanol–water partition coefficient (Wildman–Crippen LogP) is 1.65. The lowest BCUT2D eigenvalue weighted by Gasteiger charge is -2.34. The minimum Gasteiger partial charge on any atom is -0.393 e. The Morgan fingerprint density at radius 2 is 2.19 bits per heavy atom. The molecule has 118 valence electrons. The molecule has 0 amide bonds. The maximum absolute atomic E-state index is 9.39. The van der Waals surface area contributed by atoms with Crippen LogP contribution in [0, 0.1) is 5.92 Å². The van der Waals surface area contributed by atoms with Crippen LogP contribution in [0.4, 0.5) is 11.6 Å². The van der Waals surface area contributed by atoms with Crippen molar-refractivity contribution in [2.45, 2.75) is 38.9 Å². The highest BCUT2D eigenvalue weighted by Gasteiger charge is 2.28. The van der Waals surface area contributed by atoms with Gasteiger partial charge in [0, 0.05) is 33.3 Å². The molecule has 6 heteroatoms. The number of aliphatic hydroxyl groups is 1. The van der Waals surface area contributed by atoms with Gasteiger partial charge in [-0.05, 0) is 25.2 Å². The number of hydrogen-bond acceptors (Lipinski definition) is 6. The summed E-state index contributed by atoms with van der Waals surface area (Å²) >= 11 is 0. The van der Waals surface area contributed by atoms with Crippen LogP contribution in [0.5, 0.6) is 0 Å². The van der Waals surface area contributed by atoms with Crippen molar-refractivity contribution in [2.75, 3.05) is 37.5 Å². The van der Waals surface area contributed by atoms with Gasteiger partial charge in [-0.15, -0.1) is 0 Å². The third-order valence-corrected chi connectivity index (χ3v) is 3.72. The first kappa shape index (κ1) is 16.0. The van der Waals surface area contributed by atoms with E-state index in [1.807, 2.05) is 13.1 Å². The highest BCUT2D eigenvalue weighted by atomic mass is 16.5. The van der Waals surface area contributed by atoms with Crippen molar-refractivity contribution in [1.82, 2.24) is 9.97 Å². The molecule has 0 aliphatic heterocycles. The molecule has 2 N–H and O–H groups in total. The Morgan fingerprint density at radius 1 is 1.43 bits per heavy atom. The van der Waals surface area contributed by atoms with E-state index < -0.39 is 0 Å². The molecule has 0 saturated heterocycles. The van der Waals surface area contributed by atoms with Crippen LogP contribution in [0.15, 0.2) is 6.07 Å². The number of methoxy groups -OCH3 is 1. The van der Waals surface area contributed by atoms with Gasteiger partial charge in [-0.25, -0.2) is 9.97 Å². The fourth-order valence-corrected chi connectivity index (χ4v) is 2.55. The van der Waals surface area contributed by atoms with Gasteiger partial charge in [-0.2, -0.15) is 0 Å². The first-order valence-corrected chi connectivity index (χ1v) is 7.62. The van der Waals surface area contributed by atoms with E-state index in [0.717, 1.165) is 44.0 Å². The van der Waals surface area contributed by atoms with Crippen LogP contribution < -0.4 is 10.2 Å². The number of nitrogens with zero attached hydrogens (tertiary/aromatic N) is 3. The van der Waals surface area contributed by atoms with Gasteiger partial charge >= 0.3 is 0 Å². The smallest absolute Gasteiger partial charge is 0.158 e. The van der Waals surface area contributed by atoms with E-state index in [2.05, 4.69) is 27.1 Å². The molecule has 0 bridgehead atoms. The summed E-state index contributed by atoms with van der Waals surface area (Å²) in [7, 11) is 3.68. The van der Waals surface area contributed by atoms with Gasteiger partial charge in [0.1, 0.15) is 18.2 Å². The van der Waals surface area contributed by atoms with E-state index in [0.29, 0.717) is 18.3 Å². The van der Waals surface area contributed by atoms with Gasteiger partial charge in [0.05, 0.1) is 6.10 Å². The van der Waals surface area contributed by atoms with Crippen molar-refractivity contribution >= 4 is 11.6 Å². The Morgan fingerprint density at radius 3 is 2.81 bits per heavy atom. The van der Waals surface area contributed by atoms with E-state index in [-0.39, 0.29) is 6.10 Å². The Hall–Kier alpha value is -1.40. The lowest BCUT2D eigenvalue weighted by atomic mass is 9.82. The molecule has 21 heavy (non-hydrogen) atoms. The maximum Gasteiger partial charge on any atom is 0.158 e. The molecule has 1 saturated carbocycles. The van der Waals surface area contributed by atoms with Crippen molar-refractivity contribution in [2.24, 2.45) is 5.92 Å². The summed E-state index contributed by atoms with van der Waals surface area (Å²) in [6.45, 7) is 4.33. The number of ether oxygens (including phenoxy) is 1. The fourth-order valence-electron chi connectivity index (χ4n) is 2.55. The minimum absolute atomic E-state index is 0.111. The van der Waals surface area contributed by atoms with Crippen LogP contribution in [-0.2, 0) is 11.3 Å². The van der Waals surface area contributed by atoms with Crippen molar-refractivity contribution in [3.05, 3.63) is 11.9 Å². The highest BCUT2D eigenvalue weighted by Crippen LogP contribution is 2.29. The van der Waals surface area contributed by atoms with Crippen molar-refractivity contribution in [3.8, 4) is 0 Å². The molecule has 0 atom stereocenters. The molecule has 1 aromatic rings. The maximum atomic E-state index is 9.39. The van der Waals surface area contributed by atoms with Gasteiger partial charge in [-0.1, -0.05) is 6.92 Å². The third kappa shape index (κ3) is 4.54. The van der Waals surface area contributed by atoms with Crippen molar-refractivity contribution in [3.63, 3.8) is 0 Å². The van der Waals surface area contributed by atoms with Crippen LogP contribution in [0.2, 0.25) is 0 Å². The van der Waals surface area contributed by atoms with Crippen LogP contribution in [0.1, 0.15) is 32.0 Å². The van der Waals surface area contributed by atoms with Gasteiger partial charge in [0.2, 0.25) is 0 Å². The monoisotopic (exact) mass is 294 g/mol. The van der Waals surface area contributed by atoms with Gasteiger partial charge in [0.15, 0.2) is 5.82 Å². The van der Waals surface area contributed by atoms with Crippen LogP contribution in [0.3, 0.4) is 0 Å². The van der Waals surface area contributed by atoms with Gasteiger partial charge in [-0.3, -0.25) is 0 Å². The molecule has 0 spiro atoms. The lowest BCUT2D eigenvalue weighted by Crippen LogP contribution is -2.37. The number of aliphatic hydroxyl groups excluding tert-OH is 1. The molecule has 1 aromatic heterocycles. The van der Waals surface area contributed by atoms with Gasteiger partial charge < -0.3 is 20.1 Å². The average molecular weight is 294 g/mol. The summed E-state index contributed by atoms with van der Waals surface area (Å²) in [4.78, 5) is 11.1. The first-order chi connectivity index (χ1) is 10.1. The minimum atomic E-state index is -0.111. The van der Waals surface area contributed by atoms with Gasteiger partial charge in [0.25, 0.3) is 0 Å². The lowest BCUT2D eigenvalue weighted by molar-refractivity contribution is 0.0464. The summed E-state index contributed by atoms with van der Waals surface area (Å²) in [6, 6.07) is 1.98. The molecule has 6 nitrogen and oxygen atoms in total. The second kappa shape index (κ2) is 7.56. The highest BCUT2D eigenvalue weighted by molar-refractivity contribution is 5.49. The fraction of sp³-hybridized carbons (Fsp3) is 0.733. The number of nitrogens with one attached hydrogen (secondary N) is 1. The molecule has 0 unspecified atom stereocenters. The molecule has 2 rings (SSSR count). The summed E-state index contributed by atoms with van der Waals surface area (Å²) in [5.74, 6) is 2.98. The number of rotatable bonds is 8. The van der Waals surface area contributed by atoms with Crippen molar-refractivity contribution in [1.29, 1.82) is 0 Å². The molecular weight excluding hydrogens is 268 g/mol. The molecular formula is C15H26N4O2. The zero-order valence-corrected chi connectivity index (χ0v) is 13.2. The molecule has 0 radical (unpaired) electrons. The SMILES string of the molecule is CCCNc1cc(N(C)CC2CC(O)C2)nc(COC)n1. The summed E-state index contributed by atoms with van der Waals surface area (Å²) in [6.07, 6.45) is 2.72. The molecule has 1 aliphatic carbocycles. The van der Waals surface area contributed by atoms with Crippen LogP contribution >= 0.6 is 0 Å². The largest absolute Gasteiger partial charge is 0.393 e. The van der Waals surface area contributed by atoms with Crippen molar-refractivity contribution < 1.29 is 9.84 Å². The molecule has 0 aromatic carbocycles. The quantitative estimate of drug-likeness (QED) is 0.760. The molecule has 1 fully saturated rings. The number of hydrogen-bond donors (Lipinski definition) is 2. The van der Waals surface area contributed by atoms with E-state index >= 15 is 0 Å². The van der Waals surface area contributed by atoms with E-state index in [9.17, 15) is 5.11 Å². The predicted molar refractivity (Wildman–Crippen MR) is 83.5 cm³/mol. The Kier molecular flexibility index (Phi) is 5.76. The summed E-state index contributed by atoms with van der Waals surface area (Å²) in [5.41, 5.74) is 0. The van der Waals surface area contributed by atoms with Crippen LogP contribution in [-0.4, -0.2) is 48.4 Å². The second-order valence-electron chi connectivity index (χ2n) is 5.76. The Bertz CT molecular complexity index is 449. The summed E-state index contributed by atoms with van der Waals surface area (Å²) < 4.78 is 5.15. The topological polar surface area (TPSA) is 70.5 Å². The number of anilines is 2. The van der Waals surface area contributed by atoms with E-state index in [4.69, 9.17) is 4.74 Å². The first-order valence-electron chi connectivity index (χ1n) is 7.62. The molecule has 1 aliphatic rings. The normalized spacial score (nSPS) is 21.0. The number of aromatic nitrogens is 2. The van der Waals surface area contributed by atoms with Crippen LogP contribution in [0.25, 0.3) is 0 Å².